The van der Waals surface area contributed by atoms with E-state index in [1.165, 1.54) is 0 Å². The van der Waals surface area contributed by atoms with E-state index >= 15 is 0 Å². The zero-order valence-corrected chi connectivity index (χ0v) is 6.17. The zero-order valence-electron chi connectivity index (χ0n) is 4.47. The predicted molar refractivity (Wildman–Crippen MR) is 29.2 cm³/mol. The first-order valence-corrected chi connectivity index (χ1v) is 2.25. The van der Waals surface area contributed by atoms with E-state index in [4.69, 9.17) is 21.8 Å². The Morgan fingerprint density at radius 2 is 1.70 bits per heavy atom. The minimum Gasteiger partial charge on any atom is -0.478 e. The van der Waals surface area contributed by atoms with Gasteiger partial charge in [0.1, 0.15) is 5.03 Å². The van der Waals surface area contributed by atoms with E-state index in [2.05, 4.69) is 0 Å². The minimum absolute atomic E-state index is 0. The van der Waals surface area contributed by atoms with Gasteiger partial charge in [-0.05, 0) is 0 Å². The zero-order chi connectivity index (χ0) is 7.44. The van der Waals surface area contributed by atoms with E-state index in [0.29, 0.717) is 6.08 Å². The molecule has 0 rings (SSSR count). The summed E-state index contributed by atoms with van der Waals surface area (Å²) >= 11 is 4.89. The van der Waals surface area contributed by atoms with Crippen LogP contribution in [0.5, 0.6) is 0 Å². The third-order valence-corrected chi connectivity index (χ3v) is 0.725. The number of hydrogen-bond acceptors (Lipinski definition) is 2. The number of carbonyl (C=O) groups is 2. The van der Waals surface area contributed by atoms with Crippen LogP contribution in [0.25, 0.3) is 0 Å². The van der Waals surface area contributed by atoms with E-state index in [1.54, 1.807) is 0 Å². The van der Waals surface area contributed by atoms with Gasteiger partial charge in [0.05, 0.1) is 0 Å². The fourth-order valence-electron chi connectivity index (χ4n) is 0.170. The van der Waals surface area contributed by atoms with Crippen LogP contribution in [0.3, 0.4) is 0 Å². The van der Waals surface area contributed by atoms with Crippen molar-refractivity contribution in [2.75, 3.05) is 0 Å². The fourth-order valence-corrected chi connectivity index (χ4v) is 0.263. The van der Waals surface area contributed by atoms with E-state index < -0.39 is 17.0 Å². The van der Waals surface area contributed by atoms with E-state index in [0.717, 1.165) is 0 Å². The summed E-state index contributed by atoms with van der Waals surface area (Å²) in [4.78, 5) is 19.5. The summed E-state index contributed by atoms with van der Waals surface area (Å²) in [6.07, 6.45) is 0.407. The Labute approximate surface area is 72.0 Å². The number of carboxylic acids is 2. The third kappa shape index (κ3) is 5.62. The summed E-state index contributed by atoms with van der Waals surface area (Å²) in [5, 5.41) is 15.2. The number of rotatable bonds is 2. The molecule has 0 aliphatic carbocycles. The van der Waals surface area contributed by atoms with Crippen molar-refractivity contribution in [2.24, 2.45) is 0 Å². The molecule has 2 N–H and O–H groups in total. The molecule has 0 heterocycles. The van der Waals surface area contributed by atoms with Crippen molar-refractivity contribution in [1.82, 2.24) is 0 Å². The van der Waals surface area contributed by atoms with Crippen LogP contribution in [0.2, 0.25) is 0 Å². The summed E-state index contributed by atoms with van der Waals surface area (Å²) in [7, 11) is 0. The van der Waals surface area contributed by atoms with Crippen molar-refractivity contribution >= 4 is 23.5 Å². The van der Waals surface area contributed by atoms with Crippen LogP contribution in [-0.4, -0.2) is 22.2 Å². The van der Waals surface area contributed by atoms with E-state index in [-0.39, 0.29) is 17.1 Å². The largest absolute Gasteiger partial charge is 0.478 e. The summed E-state index contributed by atoms with van der Waals surface area (Å²) in [5.74, 6) is -2.82. The molecule has 0 amide bonds. The molecule has 0 aromatic heterocycles. The molecule has 0 aliphatic rings. The summed E-state index contributed by atoms with van der Waals surface area (Å²) < 4.78 is 0. The van der Waals surface area contributed by atoms with Crippen LogP contribution in [0.4, 0.5) is 0 Å². The van der Waals surface area contributed by atoms with Crippen LogP contribution in [0.15, 0.2) is 11.1 Å². The van der Waals surface area contributed by atoms with E-state index in [1.807, 2.05) is 0 Å². The van der Waals surface area contributed by atoms with Gasteiger partial charge < -0.3 is 10.2 Å². The molecule has 0 fully saturated rings. The molecule has 0 spiro atoms. The second kappa shape index (κ2) is 5.29. The van der Waals surface area contributed by atoms with Gasteiger partial charge in [-0.15, -0.1) is 0 Å². The van der Waals surface area contributed by atoms with Gasteiger partial charge in [-0.3, -0.25) is 0 Å². The molecule has 61 valence electrons. The average molecular weight is 214 g/mol. The monoisotopic (exact) mass is 213 g/mol. The molecule has 1 radical (unpaired) electrons. The van der Waals surface area contributed by atoms with Gasteiger partial charge in [-0.25, -0.2) is 9.59 Å². The molecule has 6 heteroatoms. The number of halogens is 1. The number of aliphatic carboxylic acids is 2. The smallest absolute Gasteiger partial charge is 0.347 e. The van der Waals surface area contributed by atoms with Gasteiger partial charge in [0, 0.05) is 23.1 Å². The first kappa shape index (κ1) is 12.2. The van der Waals surface area contributed by atoms with Crippen molar-refractivity contribution in [1.29, 1.82) is 0 Å². The van der Waals surface area contributed by atoms with Crippen LogP contribution < -0.4 is 0 Å². The molecule has 10 heavy (non-hydrogen) atoms. The van der Waals surface area contributed by atoms with Gasteiger partial charge >= 0.3 is 11.9 Å². The Kier molecular flexibility index (Phi) is 6.45. The normalized spacial score (nSPS) is 9.90. The SMILES string of the molecule is O=C(O)/C=C(\Cl)C(=O)O.[Cu]. The number of carboxylic acid groups (broad SMARTS) is 2. The third-order valence-electron chi connectivity index (χ3n) is 0.455. The Hall–Kier alpha value is -0.511. The predicted octanol–water partition coefficient (Wildman–Crippen LogP) is 0.276. The molecule has 0 aliphatic heterocycles. The van der Waals surface area contributed by atoms with E-state index in [9.17, 15) is 9.59 Å². The summed E-state index contributed by atoms with van der Waals surface area (Å²) in [6, 6.07) is 0. The summed E-state index contributed by atoms with van der Waals surface area (Å²) in [6.45, 7) is 0. The summed E-state index contributed by atoms with van der Waals surface area (Å²) in [5.41, 5.74) is 0. The Balaban J connectivity index is 0. The molecule has 0 bridgehead atoms. The van der Waals surface area contributed by atoms with Gasteiger partial charge in [0.15, 0.2) is 0 Å². The van der Waals surface area contributed by atoms with Crippen molar-refractivity contribution in [2.45, 2.75) is 0 Å². The van der Waals surface area contributed by atoms with Crippen molar-refractivity contribution in [3.05, 3.63) is 11.1 Å². The molecule has 4 nitrogen and oxygen atoms in total. The Morgan fingerprint density at radius 1 is 1.30 bits per heavy atom. The molecular formula is C4H3ClCuO4. The van der Waals surface area contributed by atoms with Gasteiger partial charge in [-0.2, -0.15) is 0 Å². The number of hydrogen-bond donors (Lipinski definition) is 2. The first-order chi connectivity index (χ1) is 4.04. The maximum Gasteiger partial charge on any atom is 0.347 e. The van der Waals surface area contributed by atoms with Crippen LogP contribution in [-0.2, 0) is 26.7 Å². The maximum absolute atomic E-state index is 9.77. The first-order valence-electron chi connectivity index (χ1n) is 1.87. The standard InChI is InChI=1S/C4H3ClO4.Cu/c5-2(4(8)9)1-3(6)7;/h1H,(H,6,7)(H,8,9);/b2-1-;. The van der Waals surface area contributed by atoms with Gasteiger partial charge in [-0.1, -0.05) is 11.6 Å². The van der Waals surface area contributed by atoms with Gasteiger partial charge in [0.2, 0.25) is 0 Å². The average Bonchev–Trinajstić information content (AvgIpc) is 1.63. The molecular weight excluding hydrogens is 211 g/mol. The maximum atomic E-state index is 9.77. The molecule has 0 aromatic carbocycles. The van der Waals surface area contributed by atoms with Crippen molar-refractivity contribution in [3.63, 3.8) is 0 Å². The molecule has 0 atom stereocenters. The quantitative estimate of drug-likeness (QED) is 0.511. The van der Waals surface area contributed by atoms with Crippen LogP contribution in [0.1, 0.15) is 0 Å². The van der Waals surface area contributed by atoms with Crippen molar-refractivity contribution < 1.29 is 36.9 Å². The molecule has 0 unspecified atom stereocenters. The molecule has 0 saturated heterocycles. The van der Waals surface area contributed by atoms with Crippen LogP contribution >= 0.6 is 11.6 Å². The minimum atomic E-state index is -1.45. The van der Waals surface area contributed by atoms with Gasteiger partial charge in [0.25, 0.3) is 0 Å². The van der Waals surface area contributed by atoms with Crippen molar-refractivity contribution in [3.8, 4) is 0 Å². The second-order valence-corrected chi connectivity index (χ2v) is 1.54. The Bertz CT molecular complexity index is 176. The topological polar surface area (TPSA) is 74.6 Å². The molecule has 0 aromatic rings. The fraction of sp³-hybridized carbons (Fsp3) is 0. The second-order valence-electron chi connectivity index (χ2n) is 1.14. The molecule has 0 saturated carbocycles. The van der Waals surface area contributed by atoms with Crippen LogP contribution in [0, 0.1) is 0 Å². The Morgan fingerprint density at radius 3 is 1.80 bits per heavy atom.